The summed E-state index contributed by atoms with van der Waals surface area (Å²) >= 11 is 7.87. The normalized spacial score (nSPS) is 13.6. The summed E-state index contributed by atoms with van der Waals surface area (Å²) in [7, 11) is 0. The number of hydrogen-bond acceptors (Lipinski definition) is 4. The molecule has 2 aromatic carbocycles. The SMILES string of the molecule is Cc1cccc(SCc2cc(Cl)cc3c2OCOC3)c1N. The van der Waals surface area contributed by atoms with Crippen LogP contribution < -0.4 is 10.5 Å². The van der Waals surface area contributed by atoms with Gasteiger partial charge < -0.3 is 15.2 Å². The molecule has 5 heteroatoms. The molecule has 0 saturated carbocycles. The number of nitrogens with two attached hydrogens (primary N) is 1. The van der Waals surface area contributed by atoms with Gasteiger partial charge >= 0.3 is 0 Å². The van der Waals surface area contributed by atoms with Crippen LogP contribution in [-0.2, 0) is 17.1 Å². The maximum absolute atomic E-state index is 6.17. The zero-order valence-electron chi connectivity index (χ0n) is 11.7. The average molecular weight is 322 g/mol. The molecular formula is C16H16ClNO2S. The number of anilines is 1. The summed E-state index contributed by atoms with van der Waals surface area (Å²) in [5, 5.41) is 0.704. The summed E-state index contributed by atoms with van der Waals surface area (Å²) < 4.78 is 10.9. The van der Waals surface area contributed by atoms with Crippen molar-refractivity contribution in [1.29, 1.82) is 0 Å². The van der Waals surface area contributed by atoms with Crippen LogP contribution in [0.3, 0.4) is 0 Å². The fraction of sp³-hybridized carbons (Fsp3) is 0.250. The smallest absolute Gasteiger partial charge is 0.189 e. The lowest BCUT2D eigenvalue weighted by atomic mass is 10.1. The molecule has 1 heterocycles. The highest BCUT2D eigenvalue weighted by molar-refractivity contribution is 7.98. The van der Waals surface area contributed by atoms with Crippen LogP contribution >= 0.6 is 23.4 Å². The molecule has 110 valence electrons. The van der Waals surface area contributed by atoms with E-state index in [0.717, 1.165) is 38.8 Å². The van der Waals surface area contributed by atoms with Crippen molar-refractivity contribution >= 4 is 29.1 Å². The second-order valence-electron chi connectivity index (χ2n) is 4.94. The molecule has 0 radical (unpaired) electrons. The van der Waals surface area contributed by atoms with Gasteiger partial charge in [0.05, 0.1) is 6.61 Å². The van der Waals surface area contributed by atoms with Crippen LogP contribution in [0.4, 0.5) is 5.69 Å². The molecule has 0 amide bonds. The Balaban J connectivity index is 1.85. The average Bonchev–Trinajstić information content (AvgIpc) is 2.48. The molecule has 0 aromatic heterocycles. The predicted octanol–water partition coefficient (Wildman–Crippen LogP) is 4.39. The molecule has 0 unspecified atom stereocenters. The van der Waals surface area contributed by atoms with Gasteiger partial charge in [-0.05, 0) is 30.7 Å². The third-order valence-corrected chi connectivity index (χ3v) is 4.76. The van der Waals surface area contributed by atoms with E-state index < -0.39 is 0 Å². The van der Waals surface area contributed by atoms with Crippen LogP contribution in [0, 0.1) is 6.92 Å². The van der Waals surface area contributed by atoms with Gasteiger partial charge in [-0.15, -0.1) is 11.8 Å². The topological polar surface area (TPSA) is 44.5 Å². The van der Waals surface area contributed by atoms with E-state index in [-0.39, 0.29) is 0 Å². The minimum Gasteiger partial charge on any atom is -0.467 e. The van der Waals surface area contributed by atoms with Gasteiger partial charge in [0, 0.05) is 32.5 Å². The molecule has 0 fully saturated rings. The number of aryl methyl sites for hydroxylation is 1. The van der Waals surface area contributed by atoms with Crippen molar-refractivity contribution in [2.24, 2.45) is 0 Å². The van der Waals surface area contributed by atoms with Gasteiger partial charge in [-0.25, -0.2) is 0 Å². The summed E-state index contributed by atoms with van der Waals surface area (Å²) in [4.78, 5) is 1.08. The quantitative estimate of drug-likeness (QED) is 0.672. The van der Waals surface area contributed by atoms with E-state index in [2.05, 4.69) is 0 Å². The van der Waals surface area contributed by atoms with Gasteiger partial charge in [-0.3, -0.25) is 0 Å². The Hall–Kier alpha value is -1.36. The van der Waals surface area contributed by atoms with Crippen LogP contribution in [-0.4, -0.2) is 6.79 Å². The number of hydrogen-bond donors (Lipinski definition) is 1. The highest BCUT2D eigenvalue weighted by atomic mass is 35.5. The van der Waals surface area contributed by atoms with Gasteiger partial charge in [0.15, 0.2) is 6.79 Å². The summed E-state index contributed by atoms with van der Waals surface area (Å²) in [6.07, 6.45) is 0. The Kier molecular flexibility index (Phi) is 4.29. The van der Waals surface area contributed by atoms with Crippen LogP contribution in [0.15, 0.2) is 35.2 Å². The van der Waals surface area contributed by atoms with E-state index in [1.807, 2.05) is 37.3 Å². The minimum atomic E-state index is 0.291. The Bertz CT molecular complexity index is 676. The molecule has 2 N–H and O–H groups in total. The molecule has 0 spiro atoms. The summed E-state index contributed by atoms with van der Waals surface area (Å²) in [6.45, 7) is 2.85. The fourth-order valence-corrected chi connectivity index (χ4v) is 3.58. The second-order valence-corrected chi connectivity index (χ2v) is 6.39. The molecule has 21 heavy (non-hydrogen) atoms. The number of ether oxygens (including phenoxy) is 2. The van der Waals surface area contributed by atoms with E-state index in [0.29, 0.717) is 18.4 Å². The molecule has 0 atom stereocenters. The number of fused-ring (bicyclic) bond motifs is 1. The van der Waals surface area contributed by atoms with Crippen LogP contribution in [0.5, 0.6) is 5.75 Å². The van der Waals surface area contributed by atoms with Crippen molar-refractivity contribution in [1.82, 2.24) is 0 Å². The monoisotopic (exact) mass is 321 g/mol. The van der Waals surface area contributed by atoms with E-state index in [1.165, 1.54) is 0 Å². The standard InChI is InChI=1S/C16H16ClNO2S/c1-10-3-2-4-14(15(10)18)21-8-12-6-13(17)5-11-7-19-9-20-16(11)12/h2-6H,7-9,18H2,1H3. The van der Waals surface area contributed by atoms with E-state index in [1.54, 1.807) is 11.8 Å². The zero-order chi connectivity index (χ0) is 14.8. The largest absolute Gasteiger partial charge is 0.467 e. The van der Waals surface area contributed by atoms with Crippen molar-refractivity contribution < 1.29 is 9.47 Å². The Morgan fingerprint density at radius 3 is 3.05 bits per heavy atom. The molecular weight excluding hydrogens is 306 g/mol. The lowest BCUT2D eigenvalue weighted by molar-refractivity contribution is -0.0168. The third kappa shape index (κ3) is 3.12. The Labute approximate surface area is 133 Å². The molecule has 0 bridgehead atoms. The molecule has 0 aliphatic carbocycles. The molecule has 3 rings (SSSR count). The first kappa shape index (κ1) is 14.6. The van der Waals surface area contributed by atoms with Gasteiger partial charge in [0.2, 0.25) is 0 Å². The van der Waals surface area contributed by atoms with E-state index >= 15 is 0 Å². The van der Waals surface area contributed by atoms with Crippen molar-refractivity contribution in [2.75, 3.05) is 12.5 Å². The van der Waals surface area contributed by atoms with Crippen molar-refractivity contribution in [3.8, 4) is 5.75 Å². The van der Waals surface area contributed by atoms with E-state index in [9.17, 15) is 0 Å². The van der Waals surface area contributed by atoms with Crippen LogP contribution in [0.2, 0.25) is 5.02 Å². The number of benzene rings is 2. The zero-order valence-corrected chi connectivity index (χ0v) is 13.3. The van der Waals surface area contributed by atoms with Crippen molar-refractivity contribution in [2.45, 2.75) is 24.2 Å². The Morgan fingerprint density at radius 2 is 2.19 bits per heavy atom. The lowest BCUT2D eigenvalue weighted by Crippen LogP contribution is -2.13. The highest BCUT2D eigenvalue weighted by Crippen LogP contribution is 2.37. The number of rotatable bonds is 3. The van der Waals surface area contributed by atoms with Crippen LogP contribution in [0.1, 0.15) is 16.7 Å². The molecule has 0 saturated heterocycles. The molecule has 3 nitrogen and oxygen atoms in total. The van der Waals surface area contributed by atoms with Gasteiger partial charge in [0.25, 0.3) is 0 Å². The van der Waals surface area contributed by atoms with Crippen molar-refractivity contribution in [3.63, 3.8) is 0 Å². The lowest BCUT2D eigenvalue weighted by Gasteiger charge is -2.21. The maximum Gasteiger partial charge on any atom is 0.189 e. The van der Waals surface area contributed by atoms with Gasteiger partial charge in [-0.1, -0.05) is 23.7 Å². The number of thioether (sulfide) groups is 1. The first-order valence-corrected chi connectivity index (χ1v) is 8.01. The van der Waals surface area contributed by atoms with Crippen molar-refractivity contribution in [3.05, 3.63) is 52.0 Å². The number of para-hydroxylation sites is 1. The van der Waals surface area contributed by atoms with E-state index in [4.69, 9.17) is 26.8 Å². The third-order valence-electron chi connectivity index (χ3n) is 3.42. The summed E-state index contributed by atoms with van der Waals surface area (Å²) in [5.74, 6) is 1.65. The van der Waals surface area contributed by atoms with Crippen LogP contribution in [0.25, 0.3) is 0 Å². The Morgan fingerprint density at radius 1 is 1.33 bits per heavy atom. The molecule has 2 aromatic rings. The molecule has 1 aliphatic heterocycles. The van der Waals surface area contributed by atoms with Gasteiger partial charge in [0.1, 0.15) is 5.75 Å². The van der Waals surface area contributed by atoms with Gasteiger partial charge in [-0.2, -0.15) is 0 Å². The number of nitrogen functional groups attached to an aromatic ring is 1. The second kappa shape index (κ2) is 6.18. The highest BCUT2D eigenvalue weighted by Gasteiger charge is 2.16. The first-order valence-electron chi connectivity index (χ1n) is 6.65. The fourth-order valence-electron chi connectivity index (χ4n) is 2.30. The number of halogens is 1. The minimum absolute atomic E-state index is 0.291. The first-order chi connectivity index (χ1) is 10.1. The summed E-state index contributed by atoms with van der Waals surface area (Å²) in [6, 6.07) is 9.91. The molecule has 1 aliphatic rings. The summed E-state index contributed by atoms with van der Waals surface area (Å²) in [5.41, 5.74) is 10.1. The predicted molar refractivity (Wildman–Crippen MR) is 86.9 cm³/mol. The maximum atomic E-state index is 6.17.